The molecule has 1 atom stereocenters. The van der Waals surface area contributed by atoms with Crippen molar-refractivity contribution in [3.63, 3.8) is 0 Å². The van der Waals surface area contributed by atoms with Gasteiger partial charge in [-0.15, -0.1) is 24.0 Å². The van der Waals surface area contributed by atoms with E-state index in [2.05, 4.69) is 49.8 Å². The van der Waals surface area contributed by atoms with Gasteiger partial charge in [0.2, 0.25) is 0 Å². The van der Waals surface area contributed by atoms with Gasteiger partial charge in [0.05, 0.1) is 31.9 Å². The Bertz CT molecular complexity index is 1030. The molecule has 33 heavy (non-hydrogen) atoms. The highest BCUT2D eigenvalue weighted by molar-refractivity contribution is 14.0. The molecule has 1 aliphatic rings. The number of para-hydroxylation sites is 1. The maximum Gasteiger partial charge on any atom is 0.191 e. The third-order valence-corrected chi connectivity index (χ3v) is 5.86. The summed E-state index contributed by atoms with van der Waals surface area (Å²) in [6.45, 7) is 4.75. The lowest BCUT2D eigenvalue weighted by Gasteiger charge is -2.35. The third kappa shape index (κ3) is 6.55. The average Bonchev–Trinajstić information content (AvgIpc) is 2.87. The van der Waals surface area contributed by atoms with Crippen molar-refractivity contribution in [2.75, 3.05) is 47.0 Å². The second-order valence-corrected chi connectivity index (χ2v) is 7.73. The van der Waals surface area contributed by atoms with Crippen LogP contribution in [0.2, 0.25) is 0 Å². The van der Waals surface area contributed by atoms with Gasteiger partial charge in [-0.3, -0.25) is 14.9 Å². The number of halogens is 1. The summed E-state index contributed by atoms with van der Waals surface area (Å²) < 4.78 is 10.9. The third-order valence-electron chi connectivity index (χ3n) is 5.86. The molecule has 3 aromatic rings. The minimum Gasteiger partial charge on any atom is -0.497 e. The number of ether oxygens (including phenoxy) is 2. The van der Waals surface area contributed by atoms with Gasteiger partial charge in [-0.1, -0.05) is 30.3 Å². The fraction of sp³-hybridized carbons (Fsp3) is 0.360. The van der Waals surface area contributed by atoms with E-state index >= 15 is 0 Å². The maximum absolute atomic E-state index is 5.57. The number of benzene rings is 2. The van der Waals surface area contributed by atoms with Gasteiger partial charge in [0, 0.05) is 44.8 Å². The molecule has 1 aliphatic heterocycles. The fourth-order valence-corrected chi connectivity index (χ4v) is 4.08. The summed E-state index contributed by atoms with van der Waals surface area (Å²) in [6.07, 6.45) is 1.85. The van der Waals surface area contributed by atoms with E-state index in [0.717, 1.165) is 55.5 Å². The number of methoxy groups -OCH3 is 1. The Hall–Kier alpha value is -2.43. The van der Waals surface area contributed by atoms with Crippen LogP contribution in [-0.4, -0.2) is 62.8 Å². The summed E-state index contributed by atoms with van der Waals surface area (Å²) in [5, 5.41) is 8.13. The first-order valence-electron chi connectivity index (χ1n) is 11.0. The molecule has 2 aromatic carbocycles. The molecule has 0 saturated carbocycles. The van der Waals surface area contributed by atoms with Gasteiger partial charge < -0.3 is 20.1 Å². The molecule has 0 spiro atoms. The van der Waals surface area contributed by atoms with E-state index in [4.69, 9.17) is 9.47 Å². The quantitative estimate of drug-likeness (QED) is 0.261. The molecule has 2 heterocycles. The van der Waals surface area contributed by atoms with E-state index < -0.39 is 0 Å². The van der Waals surface area contributed by atoms with Crippen LogP contribution >= 0.6 is 24.0 Å². The van der Waals surface area contributed by atoms with E-state index in [0.29, 0.717) is 6.54 Å². The second-order valence-electron chi connectivity index (χ2n) is 7.73. The number of rotatable bonds is 7. The standard InChI is InChI=1S/C25H31N5O2.HI/c1-26-25(28-17-20-11-12-27-23-6-4-3-5-22(20)23)29-18-24(30-13-15-32-16-14-30)19-7-9-21(31-2)10-8-19;/h3-12,24H,13-18H2,1-2H3,(H2,26,28,29);1H. The molecule has 1 unspecified atom stereocenters. The lowest BCUT2D eigenvalue weighted by atomic mass is 10.0. The van der Waals surface area contributed by atoms with Crippen LogP contribution in [0.1, 0.15) is 17.2 Å². The number of hydrogen-bond donors (Lipinski definition) is 2. The zero-order valence-electron chi connectivity index (χ0n) is 19.2. The van der Waals surface area contributed by atoms with Crippen LogP contribution in [0.15, 0.2) is 65.8 Å². The van der Waals surface area contributed by atoms with Crippen LogP contribution in [0.4, 0.5) is 0 Å². The molecule has 0 radical (unpaired) electrons. The fourth-order valence-electron chi connectivity index (χ4n) is 4.08. The van der Waals surface area contributed by atoms with Crippen LogP contribution in [0.25, 0.3) is 10.9 Å². The number of morpholine rings is 1. The number of pyridine rings is 1. The summed E-state index contributed by atoms with van der Waals surface area (Å²) in [4.78, 5) is 11.3. The highest BCUT2D eigenvalue weighted by Crippen LogP contribution is 2.23. The number of nitrogens with zero attached hydrogens (tertiary/aromatic N) is 3. The van der Waals surface area contributed by atoms with Crippen molar-refractivity contribution in [1.82, 2.24) is 20.5 Å². The Morgan fingerprint density at radius 2 is 1.85 bits per heavy atom. The van der Waals surface area contributed by atoms with Gasteiger partial charge in [0.25, 0.3) is 0 Å². The lowest BCUT2D eigenvalue weighted by molar-refractivity contribution is 0.0170. The summed E-state index contributed by atoms with van der Waals surface area (Å²) in [7, 11) is 3.49. The van der Waals surface area contributed by atoms with Gasteiger partial charge in [0.15, 0.2) is 5.96 Å². The summed E-state index contributed by atoms with van der Waals surface area (Å²) in [5.41, 5.74) is 3.44. The molecule has 4 rings (SSSR count). The van der Waals surface area contributed by atoms with E-state index in [1.54, 1.807) is 14.2 Å². The molecule has 1 aromatic heterocycles. The van der Waals surface area contributed by atoms with Crippen molar-refractivity contribution in [1.29, 1.82) is 0 Å². The number of fused-ring (bicyclic) bond motifs is 1. The van der Waals surface area contributed by atoms with Gasteiger partial charge in [-0.25, -0.2) is 0 Å². The van der Waals surface area contributed by atoms with E-state index in [-0.39, 0.29) is 30.0 Å². The van der Waals surface area contributed by atoms with Gasteiger partial charge in [-0.05, 0) is 35.4 Å². The molecule has 8 heteroatoms. The highest BCUT2D eigenvalue weighted by Gasteiger charge is 2.23. The zero-order valence-corrected chi connectivity index (χ0v) is 21.5. The van der Waals surface area contributed by atoms with Crippen molar-refractivity contribution < 1.29 is 9.47 Å². The highest BCUT2D eigenvalue weighted by atomic mass is 127. The minimum absolute atomic E-state index is 0. The first-order chi connectivity index (χ1) is 15.8. The smallest absolute Gasteiger partial charge is 0.191 e. The van der Waals surface area contributed by atoms with E-state index in [1.807, 2.05) is 36.5 Å². The Balaban J connectivity index is 0.00000306. The van der Waals surface area contributed by atoms with Crippen LogP contribution in [-0.2, 0) is 11.3 Å². The predicted octanol–water partition coefficient (Wildman–Crippen LogP) is 3.60. The maximum atomic E-state index is 5.57. The summed E-state index contributed by atoms with van der Waals surface area (Å²) >= 11 is 0. The van der Waals surface area contributed by atoms with Crippen LogP contribution in [0, 0.1) is 0 Å². The van der Waals surface area contributed by atoms with Crippen LogP contribution < -0.4 is 15.4 Å². The summed E-state index contributed by atoms with van der Waals surface area (Å²) in [6, 6.07) is 18.8. The molecule has 0 aliphatic carbocycles. The molecule has 7 nitrogen and oxygen atoms in total. The average molecular weight is 561 g/mol. The van der Waals surface area contributed by atoms with Gasteiger partial charge >= 0.3 is 0 Å². The number of aliphatic imine (C=N–C) groups is 1. The molecule has 1 fully saturated rings. The van der Waals surface area contributed by atoms with E-state index in [9.17, 15) is 0 Å². The van der Waals surface area contributed by atoms with Crippen molar-refractivity contribution in [2.24, 2.45) is 4.99 Å². The molecule has 0 amide bonds. The molecule has 1 saturated heterocycles. The van der Waals surface area contributed by atoms with Crippen molar-refractivity contribution in [3.05, 3.63) is 71.9 Å². The molecular weight excluding hydrogens is 529 g/mol. The number of aromatic nitrogens is 1. The van der Waals surface area contributed by atoms with E-state index in [1.165, 1.54) is 11.1 Å². The first-order valence-corrected chi connectivity index (χ1v) is 11.0. The second kappa shape index (κ2) is 12.7. The molecule has 176 valence electrons. The largest absolute Gasteiger partial charge is 0.497 e. The van der Waals surface area contributed by atoms with Crippen LogP contribution in [0.3, 0.4) is 0 Å². The minimum atomic E-state index is 0. The lowest BCUT2D eigenvalue weighted by Crippen LogP contribution is -2.46. The Morgan fingerprint density at radius 3 is 2.58 bits per heavy atom. The van der Waals surface area contributed by atoms with Gasteiger partial charge in [-0.2, -0.15) is 0 Å². The zero-order chi connectivity index (χ0) is 22.2. The monoisotopic (exact) mass is 561 g/mol. The first kappa shape index (κ1) is 25.2. The Morgan fingerprint density at radius 1 is 1.09 bits per heavy atom. The van der Waals surface area contributed by atoms with Crippen LogP contribution in [0.5, 0.6) is 5.75 Å². The summed E-state index contributed by atoms with van der Waals surface area (Å²) in [5.74, 6) is 1.64. The normalized spacial score (nSPS) is 15.5. The van der Waals surface area contributed by atoms with Crippen molar-refractivity contribution in [3.8, 4) is 5.75 Å². The van der Waals surface area contributed by atoms with Gasteiger partial charge in [0.1, 0.15) is 5.75 Å². The van der Waals surface area contributed by atoms with Crippen molar-refractivity contribution >= 4 is 40.8 Å². The molecular formula is C25H32IN5O2. The predicted molar refractivity (Wildman–Crippen MR) is 143 cm³/mol. The Labute approximate surface area is 212 Å². The SMILES string of the molecule is CN=C(NCc1ccnc2ccccc12)NCC(c1ccc(OC)cc1)N1CCOCC1.I. The number of nitrogens with one attached hydrogen (secondary N) is 2. The number of guanidine groups is 1. The topological polar surface area (TPSA) is 71.0 Å². The van der Waals surface area contributed by atoms with Crippen molar-refractivity contribution in [2.45, 2.75) is 12.6 Å². The molecule has 0 bridgehead atoms. The Kier molecular flexibility index (Phi) is 9.71. The number of hydrogen-bond acceptors (Lipinski definition) is 5. The molecule has 2 N–H and O–H groups in total.